The van der Waals surface area contributed by atoms with Gasteiger partial charge in [0.15, 0.2) is 0 Å². The van der Waals surface area contributed by atoms with E-state index in [1.165, 1.54) is 37.8 Å². The first-order chi connectivity index (χ1) is 7.77. The Labute approximate surface area is 98.0 Å². The quantitative estimate of drug-likeness (QED) is 0.820. The van der Waals surface area contributed by atoms with Crippen LogP contribution in [0.15, 0.2) is 12.3 Å². The van der Waals surface area contributed by atoms with Crippen molar-refractivity contribution in [1.82, 2.24) is 15.5 Å². The van der Waals surface area contributed by atoms with Gasteiger partial charge in [0, 0.05) is 18.3 Å². The Morgan fingerprint density at radius 3 is 2.69 bits per heavy atom. The molecule has 1 aliphatic rings. The number of H-pyrrole nitrogens is 1. The Kier molecular flexibility index (Phi) is 3.99. The van der Waals surface area contributed by atoms with Crippen LogP contribution in [-0.2, 0) is 0 Å². The zero-order valence-electron chi connectivity index (χ0n) is 10.4. The van der Waals surface area contributed by atoms with Gasteiger partial charge in [0.2, 0.25) is 0 Å². The molecule has 16 heavy (non-hydrogen) atoms. The van der Waals surface area contributed by atoms with Gasteiger partial charge in [-0.2, -0.15) is 5.10 Å². The molecule has 0 bridgehead atoms. The predicted molar refractivity (Wildman–Crippen MR) is 66.2 cm³/mol. The Balaban J connectivity index is 1.84. The van der Waals surface area contributed by atoms with Crippen LogP contribution in [0.2, 0.25) is 0 Å². The van der Waals surface area contributed by atoms with E-state index in [0.29, 0.717) is 12.1 Å². The number of hydrogen-bond acceptors (Lipinski definition) is 2. The summed E-state index contributed by atoms with van der Waals surface area (Å²) in [4.78, 5) is 0. The number of nitrogens with zero attached hydrogens (tertiary/aromatic N) is 1. The van der Waals surface area contributed by atoms with E-state index in [-0.39, 0.29) is 0 Å². The van der Waals surface area contributed by atoms with E-state index >= 15 is 0 Å². The molecular weight excluding hydrogens is 198 g/mol. The first-order valence-corrected chi connectivity index (χ1v) is 6.52. The SMILES string of the molecule is CC(N[C@@H](C)C1CCCCC1)c1ccn[nH]1. The van der Waals surface area contributed by atoms with E-state index in [0.717, 1.165) is 5.92 Å². The third kappa shape index (κ3) is 2.85. The van der Waals surface area contributed by atoms with Crippen molar-refractivity contribution in [2.45, 2.75) is 58.0 Å². The fraction of sp³-hybridized carbons (Fsp3) is 0.769. The maximum atomic E-state index is 4.00. The van der Waals surface area contributed by atoms with Gasteiger partial charge in [-0.1, -0.05) is 19.3 Å². The Hall–Kier alpha value is -0.830. The van der Waals surface area contributed by atoms with Crippen LogP contribution in [0.5, 0.6) is 0 Å². The molecular formula is C13H23N3. The van der Waals surface area contributed by atoms with Crippen molar-refractivity contribution in [3.63, 3.8) is 0 Å². The van der Waals surface area contributed by atoms with Gasteiger partial charge in [-0.05, 0) is 38.7 Å². The third-order valence-electron chi connectivity index (χ3n) is 3.86. The van der Waals surface area contributed by atoms with Crippen LogP contribution in [0, 0.1) is 5.92 Å². The molecule has 2 rings (SSSR count). The molecule has 0 spiro atoms. The van der Waals surface area contributed by atoms with Crippen LogP contribution in [-0.4, -0.2) is 16.2 Å². The molecule has 2 N–H and O–H groups in total. The summed E-state index contributed by atoms with van der Waals surface area (Å²) in [6.07, 6.45) is 8.86. The molecule has 3 heteroatoms. The molecule has 3 nitrogen and oxygen atoms in total. The minimum absolute atomic E-state index is 0.374. The molecule has 2 atom stereocenters. The highest BCUT2D eigenvalue weighted by Crippen LogP contribution is 2.27. The number of aromatic nitrogens is 2. The van der Waals surface area contributed by atoms with Crippen LogP contribution in [0.3, 0.4) is 0 Å². The summed E-state index contributed by atoms with van der Waals surface area (Å²) in [5, 5.41) is 10.7. The molecule has 1 aromatic heterocycles. The van der Waals surface area contributed by atoms with Gasteiger partial charge in [0.25, 0.3) is 0 Å². The highest BCUT2D eigenvalue weighted by molar-refractivity contribution is 5.03. The smallest absolute Gasteiger partial charge is 0.0518 e. The molecule has 1 saturated carbocycles. The number of hydrogen-bond donors (Lipinski definition) is 2. The average Bonchev–Trinajstić information content (AvgIpc) is 2.83. The van der Waals surface area contributed by atoms with E-state index in [4.69, 9.17) is 0 Å². The monoisotopic (exact) mass is 221 g/mol. The van der Waals surface area contributed by atoms with Gasteiger partial charge >= 0.3 is 0 Å². The summed E-state index contributed by atoms with van der Waals surface area (Å²) < 4.78 is 0. The maximum Gasteiger partial charge on any atom is 0.0518 e. The molecule has 1 heterocycles. The summed E-state index contributed by atoms with van der Waals surface area (Å²) in [5.74, 6) is 0.860. The Morgan fingerprint density at radius 1 is 1.31 bits per heavy atom. The largest absolute Gasteiger partial charge is 0.306 e. The number of rotatable bonds is 4. The molecule has 0 aliphatic heterocycles. The molecule has 1 unspecified atom stereocenters. The van der Waals surface area contributed by atoms with Crippen molar-refractivity contribution in [3.8, 4) is 0 Å². The lowest BCUT2D eigenvalue weighted by molar-refractivity contribution is 0.267. The number of aromatic amines is 1. The topological polar surface area (TPSA) is 40.7 Å². The molecule has 1 fully saturated rings. The van der Waals surface area contributed by atoms with Gasteiger partial charge in [0.1, 0.15) is 0 Å². The second-order valence-corrected chi connectivity index (χ2v) is 5.09. The fourth-order valence-electron chi connectivity index (χ4n) is 2.76. The Bertz CT molecular complexity index is 288. The zero-order chi connectivity index (χ0) is 11.4. The van der Waals surface area contributed by atoms with Crippen molar-refractivity contribution in [3.05, 3.63) is 18.0 Å². The normalized spacial score (nSPS) is 21.9. The van der Waals surface area contributed by atoms with Crippen LogP contribution in [0.25, 0.3) is 0 Å². The number of nitrogens with one attached hydrogen (secondary N) is 2. The maximum absolute atomic E-state index is 4.00. The van der Waals surface area contributed by atoms with Crippen molar-refractivity contribution in [1.29, 1.82) is 0 Å². The summed E-state index contributed by atoms with van der Waals surface area (Å²) >= 11 is 0. The first kappa shape index (κ1) is 11.6. The second kappa shape index (κ2) is 5.48. The average molecular weight is 221 g/mol. The molecule has 0 aromatic carbocycles. The van der Waals surface area contributed by atoms with Crippen LogP contribution in [0.4, 0.5) is 0 Å². The highest BCUT2D eigenvalue weighted by atomic mass is 15.1. The van der Waals surface area contributed by atoms with Crippen LogP contribution < -0.4 is 5.32 Å². The van der Waals surface area contributed by atoms with Gasteiger partial charge in [0.05, 0.1) is 5.69 Å². The molecule has 0 radical (unpaired) electrons. The van der Waals surface area contributed by atoms with Gasteiger partial charge in [-0.3, -0.25) is 5.10 Å². The lowest BCUT2D eigenvalue weighted by Gasteiger charge is -2.30. The van der Waals surface area contributed by atoms with Crippen molar-refractivity contribution < 1.29 is 0 Å². The lowest BCUT2D eigenvalue weighted by Crippen LogP contribution is -2.36. The van der Waals surface area contributed by atoms with Crippen molar-refractivity contribution in [2.75, 3.05) is 0 Å². The molecule has 1 aromatic rings. The van der Waals surface area contributed by atoms with E-state index in [2.05, 4.69) is 29.4 Å². The standard InChI is InChI=1S/C13H23N3/c1-10(12-6-4-3-5-7-12)15-11(2)13-8-9-14-16-13/h8-12,15H,3-7H2,1-2H3,(H,14,16)/t10-,11?/m0/s1. The zero-order valence-corrected chi connectivity index (χ0v) is 10.4. The van der Waals surface area contributed by atoms with Gasteiger partial charge < -0.3 is 5.32 Å². The summed E-state index contributed by atoms with van der Waals surface area (Å²) in [6, 6.07) is 3.03. The van der Waals surface area contributed by atoms with E-state index < -0.39 is 0 Å². The minimum atomic E-state index is 0.374. The van der Waals surface area contributed by atoms with E-state index in [1.54, 1.807) is 0 Å². The first-order valence-electron chi connectivity index (χ1n) is 6.52. The Morgan fingerprint density at radius 2 is 2.06 bits per heavy atom. The summed E-state index contributed by atoms with van der Waals surface area (Å²) in [7, 11) is 0. The van der Waals surface area contributed by atoms with Crippen molar-refractivity contribution in [2.24, 2.45) is 5.92 Å². The lowest BCUT2D eigenvalue weighted by atomic mass is 9.84. The van der Waals surface area contributed by atoms with E-state index in [1.807, 2.05) is 12.3 Å². The van der Waals surface area contributed by atoms with Crippen LogP contribution in [0.1, 0.15) is 57.7 Å². The van der Waals surface area contributed by atoms with E-state index in [9.17, 15) is 0 Å². The van der Waals surface area contributed by atoms with Gasteiger partial charge in [-0.25, -0.2) is 0 Å². The highest BCUT2D eigenvalue weighted by Gasteiger charge is 2.21. The van der Waals surface area contributed by atoms with Gasteiger partial charge in [-0.15, -0.1) is 0 Å². The molecule has 0 saturated heterocycles. The summed E-state index contributed by atoms with van der Waals surface area (Å²) in [5.41, 5.74) is 1.18. The van der Waals surface area contributed by atoms with Crippen LogP contribution >= 0.6 is 0 Å². The second-order valence-electron chi connectivity index (χ2n) is 5.09. The molecule has 90 valence electrons. The summed E-state index contributed by atoms with van der Waals surface area (Å²) in [6.45, 7) is 4.52. The molecule has 0 amide bonds. The molecule has 1 aliphatic carbocycles. The third-order valence-corrected chi connectivity index (χ3v) is 3.86. The van der Waals surface area contributed by atoms with Crippen molar-refractivity contribution >= 4 is 0 Å². The minimum Gasteiger partial charge on any atom is -0.306 e. The fourth-order valence-corrected chi connectivity index (χ4v) is 2.76. The predicted octanol–water partition coefficient (Wildman–Crippen LogP) is 3.03.